The first-order valence-corrected chi connectivity index (χ1v) is 2.58. The fourth-order valence-corrected chi connectivity index (χ4v) is 0.231. The lowest BCUT2D eigenvalue weighted by Gasteiger charge is -2.20. The minimum Gasteiger partial charge on any atom is -0.255 e. The second-order valence-electron chi connectivity index (χ2n) is 2.06. The van der Waals surface area contributed by atoms with Gasteiger partial charge in [0.25, 0.3) is 0 Å². The maximum Gasteiger partial charge on any atom is 0.106 e. The molecule has 0 saturated carbocycles. The average Bonchev–Trinajstić information content (AvgIpc) is 1.59. The minimum absolute atomic E-state index is 0.133. The molecule has 0 bridgehead atoms. The van der Waals surface area contributed by atoms with E-state index in [4.69, 9.17) is 10.7 Å². The molecule has 0 rings (SSSR count). The lowest BCUT2D eigenvalue weighted by molar-refractivity contribution is -0.972. The van der Waals surface area contributed by atoms with Crippen molar-refractivity contribution < 1.29 is 9.54 Å². The molecular weight excluding hydrogens is 106 g/mol. The van der Waals surface area contributed by atoms with Crippen LogP contribution in [0.2, 0.25) is 0 Å². The van der Waals surface area contributed by atoms with Gasteiger partial charge in [-0.1, -0.05) is 0 Å². The zero-order chi connectivity index (χ0) is 6.62. The van der Waals surface area contributed by atoms with Gasteiger partial charge in [0.05, 0.1) is 6.61 Å². The van der Waals surface area contributed by atoms with Gasteiger partial charge in [-0.2, -0.15) is 10.5 Å². The van der Waals surface area contributed by atoms with Gasteiger partial charge in [-0.25, -0.2) is 0 Å². The Kier molecular flexibility index (Phi) is 2.93. The first-order valence-electron chi connectivity index (χ1n) is 2.58. The summed E-state index contributed by atoms with van der Waals surface area (Å²) in [5.74, 6) is 5.42. The van der Waals surface area contributed by atoms with Gasteiger partial charge in [0.2, 0.25) is 0 Å². The van der Waals surface area contributed by atoms with Crippen molar-refractivity contribution in [3.8, 4) is 0 Å². The summed E-state index contributed by atoms with van der Waals surface area (Å²) in [6, 6.07) is 0. The van der Waals surface area contributed by atoms with Crippen LogP contribution in [-0.4, -0.2) is 25.4 Å². The van der Waals surface area contributed by atoms with Crippen molar-refractivity contribution in [1.29, 1.82) is 0 Å². The first-order chi connectivity index (χ1) is 3.56. The summed E-state index contributed by atoms with van der Waals surface area (Å²) >= 11 is 0. The SMILES string of the molecule is CCON[N+](C)(C)N. The largest absolute Gasteiger partial charge is 0.255 e. The van der Waals surface area contributed by atoms with Crippen molar-refractivity contribution >= 4 is 0 Å². The maximum absolute atomic E-state index is 5.42. The van der Waals surface area contributed by atoms with E-state index < -0.39 is 0 Å². The Bertz CT molecular complexity index is 58.8. The van der Waals surface area contributed by atoms with E-state index in [0.29, 0.717) is 6.61 Å². The number of nitrogens with zero attached hydrogens (tertiary/aromatic N) is 1. The lowest BCUT2D eigenvalue weighted by atomic mass is 10.9. The highest BCUT2D eigenvalue weighted by atomic mass is 16.7. The highest BCUT2D eigenvalue weighted by Crippen LogP contribution is 1.74. The van der Waals surface area contributed by atoms with E-state index in [9.17, 15) is 0 Å². The highest BCUT2D eigenvalue weighted by Gasteiger charge is 2.04. The normalized spacial score (nSPS) is 12.0. The molecular formula is C4H14N3O+. The second kappa shape index (κ2) is 2.99. The molecule has 50 valence electrons. The molecule has 0 aliphatic carbocycles. The Morgan fingerprint density at radius 2 is 2.12 bits per heavy atom. The molecule has 0 spiro atoms. The predicted molar refractivity (Wildman–Crippen MR) is 31.1 cm³/mol. The Morgan fingerprint density at radius 3 is 2.25 bits per heavy atom. The number of quaternary nitrogens is 1. The van der Waals surface area contributed by atoms with Crippen molar-refractivity contribution in [2.24, 2.45) is 5.84 Å². The molecule has 0 fully saturated rings. The van der Waals surface area contributed by atoms with Gasteiger partial charge < -0.3 is 0 Å². The van der Waals surface area contributed by atoms with Crippen LogP contribution >= 0.6 is 0 Å². The fraction of sp³-hybridized carbons (Fsp3) is 1.00. The summed E-state index contributed by atoms with van der Waals surface area (Å²) in [4.78, 5) is 4.80. The molecule has 0 aromatic carbocycles. The van der Waals surface area contributed by atoms with Crippen LogP contribution in [0.4, 0.5) is 0 Å². The quantitative estimate of drug-likeness (QED) is 0.297. The third kappa shape index (κ3) is 5.84. The molecule has 0 aromatic heterocycles. The van der Waals surface area contributed by atoms with E-state index in [1.807, 2.05) is 6.92 Å². The second-order valence-corrected chi connectivity index (χ2v) is 2.06. The number of hydrogen-bond donors (Lipinski definition) is 2. The van der Waals surface area contributed by atoms with Crippen LogP contribution in [0, 0.1) is 0 Å². The van der Waals surface area contributed by atoms with Gasteiger partial charge in [0, 0.05) is 0 Å². The molecule has 0 amide bonds. The third-order valence-corrected chi connectivity index (χ3v) is 0.444. The summed E-state index contributed by atoms with van der Waals surface area (Å²) < 4.78 is 0.133. The van der Waals surface area contributed by atoms with E-state index in [-0.39, 0.29) is 4.70 Å². The van der Waals surface area contributed by atoms with Crippen LogP contribution in [0.25, 0.3) is 0 Å². The number of nitrogens with one attached hydrogen (secondary N) is 1. The van der Waals surface area contributed by atoms with Crippen LogP contribution in [0.15, 0.2) is 0 Å². The summed E-state index contributed by atoms with van der Waals surface area (Å²) in [6.45, 7) is 2.52. The van der Waals surface area contributed by atoms with Crippen LogP contribution in [-0.2, 0) is 4.84 Å². The van der Waals surface area contributed by atoms with E-state index in [1.165, 1.54) is 0 Å². The predicted octanol–water partition coefficient (Wildman–Crippen LogP) is -0.607. The highest BCUT2D eigenvalue weighted by molar-refractivity contribution is 3.96. The summed E-state index contributed by atoms with van der Waals surface area (Å²) in [5, 5.41) is 0. The Balaban J connectivity index is 3.11. The Morgan fingerprint density at radius 1 is 1.62 bits per heavy atom. The van der Waals surface area contributed by atoms with E-state index >= 15 is 0 Å². The molecule has 0 atom stereocenters. The zero-order valence-electron chi connectivity index (χ0n) is 5.64. The van der Waals surface area contributed by atoms with Gasteiger partial charge in [-0.15, -0.1) is 0 Å². The smallest absolute Gasteiger partial charge is 0.106 e. The molecule has 0 radical (unpaired) electrons. The van der Waals surface area contributed by atoms with Gasteiger partial charge in [-0.3, -0.25) is 4.84 Å². The van der Waals surface area contributed by atoms with Crippen LogP contribution in [0.3, 0.4) is 0 Å². The van der Waals surface area contributed by atoms with Crippen LogP contribution in [0.1, 0.15) is 6.92 Å². The van der Waals surface area contributed by atoms with E-state index in [0.717, 1.165) is 0 Å². The van der Waals surface area contributed by atoms with Crippen molar-refractivity contribution in [1.82, 2.24) is 5.59 Å². The number of nitrogens with two attached hydrogens (primary N) is 1. The fourth-order valence-electron chi connectivity index (χ4n) is 0.231. The first kappa shape index (κ1) is 7.84. The molecule has 0 aliphatic heterocycles. The van der Waals surface area contributed by atoms with Gasteiger partial charge in [-0.05, 0) is 12.5 Å². The van der Waals surface area contributed by atoms with Gasteiger partial charge in [0.1, 0.15) is 14.1 Å². The minimum atomic E-state index is 0.133. The number of hydrogen-bond acceptors (Lipinski definition) is 3. The molecule has 4 heteroatoms. The molecule has 4 nitrogen and oxygen atoms in total. The van der Waals surface area contributed by atoms with Crippen molar-refractivity contribution in [2.75, 3.05) is 20.7 Å². The standard InChI is InChI=1S/C4H14N3O/c1-4-8-6-7(2,3)5/h6H,4-5H2,1-3H3/q+1. The molecule has 0 saturated heterocycles. The monoisotopic (exact) mass is 120 g/mol. The van der Waals surface area contributed by atoms with E-state index in [2.05, 4.69) is 5.59 Å². The van der Waals surface area contributed by atoms with Gasteiger partial charge in [0.15, 0.2) is 0 Å². The van der Waals surface area contributed by atoms with Crippen LogP contribution in [0.5, 0.6) is 0 Å². The van der Waals surface area contributed by atoms with Crippen molar-refractivity contribution in [2.45, 2.75) is 6.92 Å². The lowest BCUT2D eigenvalue weighted by Crippen LogP contribution is -2.57. The summed E-state index contributed by atoms with van der Waals surface area (Å²) in [5.41, 5.74) is 2.59. The maximum atomic E-state index is 5.42. The summed E-state index contributed by atoms with van der Waals surface area (Å²) in [7, 11) is 3.55. The van der Waals surface area contributed by atoms with Crippen molar-refractivity contribution in [3.05, 3.63) is 0 Å². The molecule has 0 unspecified atom stereocenters. The van der Waals surface area contributed by atoms with E-state index in [1.54, 1.807) is 14.1 Å². The third-order valence-electron chi connectivity index (χ3n) is 0.444. The van der Waals surface area contributed by atoms with Gasteiger partial charge >= 0.3 is 0 Å². The molecule has 3 N–H and O–H groups in total. The molecule has 0 heterocycles. The topological polar surface area (TPSA) is 47.3 Å². The molecule has 0 aliphatic rings. The number of rotatable bonds is 3. The molecule has 0 aromatic rings. The average molecular weight is 120 g/mol. The Labute approximate surface area is 49.7 Å². The van der Waals surface area contributed by atoms with Crippen molar-refractivity contribution in [3.63, 3.8) is 0 Å². The molecule has 8 heavy (non-hydrogen) atoms. The van der Waals surface area contributed by atoms with Crippen LogP contribution < -0.4 is 11.4 Å². The summed E-state index contributed by atoms with van der Waals surface area (Å²) in [6.07, 6.45) is 0. The Hall–Kier alpha value is -0.160. The zero-order valence-corrected chi connectivity index (χ0v) is 5.64.